The molecule has 9 nitrogen and oxygen atoms in total. The highest BCUT2D eigenvalue weighted by molar-refractivity contribution is 7.89. The van der Waals surface area contributed by atoms with Crippen molar-refractivity contribution in [1.29, 1.82) is 0 Å². The van der Waals surface area contributed by atoms with Gasteiger partial charge in [0.15, 0.2) is 0 Å². The number of carbonyl (C=O) groups excluding carboxylic acids is 1. The zero-order valence-corrected chi connectivity index (χ0v) is 23.8. The van der Waals surface area contributed by atoms with Gasteiger partial charge in [0.1, 0.15) is 10.6 Å². The monoisotopic (exact) mass is 583 g/mol. The Labute approximate surface area is 230 Å². The predicted octanol–water partition coefficient (Wildman–Crippen LogP) is 3.28. The number of ether oxygens (including phenoxy) is 1. The van der Waals surface area contributed by atoms with E-state index in [1.807, 2.05) is 0 Å². The number of amides is 1. The number of sulfonamides is 2. The first kappa shape index (κ1) is 28.8. The van der Waals surface area contributed by atoms with Gasteiger partial charge in [0.05, 0.1) is 11.5 Å². The van der Waals surface area contributed by atoms with Gasteiger partial charge < -0.3 is 10.1 Å². The second-order valence-electron chi connectivity index (χ2n) is 9.50. The number of hydrogen-bond acceptors (Lipinski definition) is 6. The summed E-state index contributed by atoms with van der Waals surface area (Å²) in [6.45, 7) is 4.11. The predicted molar refractivity (Wildman–Crippen MR) is 145 cm³/mol. The van der Waals surface area contributed by atoms with Gasteiger partial charge in [0, 0.05) is 43.7 Å². The van der Waals surface area contributed by atoms with Gasteiger partial charge in [-0.05, 0) is 74.9 Å². The van der Waals surface area contributed by atoms with Crippen LogP contribution in [0.3, 0.4) is 0 Å². The minimum atomic E-state index is -3.81. The van der Waals surface area contributed by atoms with Crippen molar-refractivity contribution in [2.75, 3.05) is 39.3 Å². The maximum atomic E-state index is 13.2. The minimum Gasteiger partial charge on any atom is -0.492 e. The Hall–Kier alpha value is -2.18. The molecule has 0 spiro atoms. The van der Waals surface area contributed by atoms with Crippen molar-refractivity contribution in [3.63, 3.8) is 0 Å². The van der Waals surface area contributed by atoms with Crippen LogP contribution in [0, 0.1) is 5.92 Å². The van der Waals surface area contributed by atoms with Gasteiger partial charge in [-0.3, -0.25) is 4.79 Å². The Kier molecular flexibility index (Phi) is 9.36. The van der Waals surface area contributed by atoms with Crippen LogP contribution in [0.5, 0.6) is 5.75 Å². The summed E-state index contributed by atoms with van der Waals surface area (Å²) in [5.41, 5.74) is 0.929. The number of benzene rings is 2. The van der Waals surface area contributed by atoms with Crippen molar-refractivity contribution in [3.05, 3.63) is 53.1 Å². The topological polar surface area (TPSA) is 113 Å². The average molecular weight is 584 g/mol. The van der Waals surface area contributed by atoms with Gasteiger partial charge in [-0.1, -0.05) is 23.7 Å². The molecule has 0 bridgehead atoms. The Morgan fingerprint density at radius 2 is 1.58 bits per heavy atom. The molecule has 208 valence electrons. The van der Waals surface area contributed by atoms with E-state index in [4.69, 9.17) is 16.3 Å². The summed E-state index contributed by atoms with van der Waals surface area (Å²) in [6, 6.07) is 11.4. The zero-order valence-electron chi connectivity index (χ0n) is 21.4. The van der Waals surface area contributed by atoms with E-state index in [2.05, 4.69) is 5.32 Å². The normalized spacial score (nSPS) is 17.9. The van der Waals surface area contributed by atoms with Gasteiger partial charge in [-0.15, -0.1) is 0 Å². The quantitative estimate of drug-likeness (QED) is 0.459. The molecule has 12 heteroatoms. The van der Waals surface area contributed by atoms with Crippen molar-refractivity contribution >= 4 is 37.6 Å². The lowest BCUT2D eigenvalue weighted by molar-refractivity contribution is -0.126. The number of hydrogen-bond donors (Lipinski definition) is 1. The van der Waals surface area contributed by atoms with E-state index in [-0.39, 0.29) is 35.6 Å². The molecule has 0 radical (unpaired) electrons. The Bertz CT molecular complexity index is 1340. The number of nitrogens with zero attached hydrogens (tertiary/aromatic N) is 2. The fourth-order valence-corrected chi connectivity index (χ4v) is 8.22. The Morgan fingerprint density at radius 3 is 2.21 bits per heavy atom. The highest BCUT2D eigenvalue weighted by Crippen LogP contribution is 2.32. The minimum absolute atomic E-state index is 0.0361. The van der Waals surface area contributed by atoms with Crippen LogP contribution in [0.15, 0.2) is 52.3 Å². The highest BCUT2D eigenvalue weighted by atomic mass is 35.5. The zero-order chi connectivity index (χ0) is 27.3. The summed E-state index contributed by atoms with van der Waals surface area (Å²) < 4.78 is 60.2. The molecular formula is C26H34ClN3O6S2. The second-order valence-corrected chi connectivity index (χ2v) is 13.8. The standard InChI is InChI=1S/C26H34ClN3O6S2/c1-2-36-24-10-7-22(27)19-25(24)38(34,35)30-17-12-21(13-18-30)26(31)28-14-11-20-5-8-23(9-6-20)37(32,33)29-15-3-4-16-29/h5-10,19,21H,2-4,11-18H2,1H3,(H,28,31). The van der Waals surface area contributed by atoms with Crippen LogP contribution in [-0.2, 0) is 31.3 Å². The molecule has 2 aliphatic rings. The first-order valence-corrected chi connectivity index (χ1v) is 16.2. The molecule has 2 aromatic carbocycles. The molecule has 1 N–H and O–H groups in total. The molecule has 0 aliphatic carbocycles. The van der Waals surface area contributed by atoms with Crippen LogP contribution < -0.4 is 10.1 Å². The lowest BCUT2D eigenvalue weighted by Crippen LogP contribution is -2.43. The van der Waals surface area contributed by atoms with Crippen molar-refractivity contribution in [2.45, 2.75) is 48.8 Å². The van der Waals surface area contributed by atoms with E-state index in [1.165, 1.54) is 14.7 Å². The van der Waals surface area contributed by atoms with Crippen molar-refractivity contribution in [1.82, 2.24) is 13.9 Å². The summed E-state index contributed by atoms with van der Waals surface area (Å²) in [7, 11) is -7.25. The van der Waals surface area contributed by atoms with Crippen LogP contribution in [0.2, 0.25) is 5.02 Å². The van der Waals surface area contributed by atoms with Crippen LogP contribution in [0.1, 0.15) is 38.2 Å². The van der Waals surface area contributed by atoms with E-state index in [0.29, 0.717) is 55.4 Å². The second kappa shape index (κ2) is 12.3. The molecule has 1 amide bonds. The number of nitrogens with one attached hydrogen (secondary N) is 1. The maximum absolute atomic E-state index is 13.2. The fraction of sp³-hybridized carbons (Fsp3) is 0.500. The van der Waals surface area contributed by atoms with E-state index >= 15 is 0 Å². The maximum Gasteiger partial charge on any atom is 0.246 e. The smallest absolute Gasteiger partial charge is 0.246 e. The Balaban J connectivity index is 1.27. The van der Waals surface area contributed by atoms with Gasteiger partial charge in [0.2, 0.25) is 26.0 Å². The third kappa shape index (κ3) is 6.51. The number of piperidine rings is 1. The lowest BCUT2D eigenvalue weighted by Gasteiger charge is -2.31. The third-order valence-corrected chi connectivity index (χ3v) is 11.1. The molecule has 2 aliphatic heterocycles. The molecular weight excluding hydrogens is 550 g/mol. The SMILES string of the molecule is CCOc1ccc(Cl)cc1S(=O)(=O)N1CCC(C(=O)NCCc2ccc(S(=O)(=O)N3CCCC3)cc2)CC1. The molecule has 2 heterocycles. The molecule has 0 aromatic heterocycles. The first-order chi connectivity index (χ1) is 18.1. The molecule has 0 atom stereocenters. The number of halogens is 1. The van der Waals surface area contributed by atoms with Gasteiger partial charge in [-0.25, -0.2) is 16.8 Å². The summed E-state index contributed by atoms with van der Waals surface area (Å²) in [4.78, 5) is 13.1. The molecule has 2 saturated heterocycles. The first-order valence-electron chi connectivity index (χ1n) is 12.9. The van der Waals surface area contributed by atoms with Crippen molar-refractivity contribution in [2.24, 2.45) is 5.92 Å². The lowest BCUT2D eigenvalue weighted by atomic mass is 9.97. The van der Waals surface area contributed by atoms with E-state index in [9.17, 15) is 21.6 Å². The molecule has 2 aromatic rings. The number of carbonyl (C=O) groups is 1. The van der Waals surface area contributed by atoms with Crippen LogP contribution in [0.4, 0.5) is 0 Å². The van der Waals surface area contributed by atoms with Gasteiger partial charge in [-0.2, -0.15) is 8.61 Å². The number of rotatable bonds is 10. The average Bonchev–Trinajstić information content (AvgIpc) is 3.46. The van der Waals surface area contributed by atoms with Crippen LogP contribution in [-0.4, -0.2) is 70.7 Å². The van der Waals surface area contributed by atoms with E-state index < -0.39 is 20.0 Å². The molecule has 38 heavy (non-hydrogen) atoms. The summed E-state index contributed by atoms with van der Waals surface area (Å²) in [5.74, 6) is -0.119. The molecule has 2 fully saturated rings. The van der Waals surface area contributed by atoms with Crippen molar-refractivity contribution < 1.29 is 26.4 Å². The molecule has 0 unspecified atom stereocenters. The summed E-state index contributed by atoms with van der Waals surface area (Å²) in [6.07, 6.45) is 3.18. The van der Waals surface area contributed by atoms with Gasteiger partial charge >= 0.3 is 0 Å². The largest absolute Gasteiger partial charge is 0.492 e. The van der Waals surface area contributed by atoms with Gasteiger partial charge in [0.25, 0.3) is 0 Å². The van der Waals surface area contributed by atoms with E-state index in [1.54, 1.807) is 43.3 Å². The van der Waals surface area contributed by atoms with Crippen molar-refractivity contribution in [3.8, 4) is 5.75 Å². The highest BCUT2D eigenvalue weighted by Gasteiger charge is 2.34. The third-order valence-electron chi connectivity index (χ3n) is 6.99. The van der Waals surface area contributed by atoms with Crippen LogP contribution >= 0.6 is 11.6 Å². The van der Waals surface area contributed by atoms with E-state index in [0.717, 1.165) is 18.4 Å². The Morgan fingerprint density at radius 1 is 0.947 bits per heavy atom. The molecule has 4 rings (SSSR count). The summed E-state index contributed by atoms with van der Waals surface area (Å²) >= 11 is 6.05. The fourth-order valence-electron chi connectivity index (χ4n) is 4.84. The van der Waals surface area contributed by atoms with Crippen LogP contribution in [0.25, 0.3) is 0 Å². The molecule has 0 saturated carbocycles. The summed E-state index contributed by atoms with van der Waals surface area (Å²) in [5, 5.41) is 3.25.